The van der Waals surface area contributed by atoms with Crippen molar-refractivity contribution < 1.29 is 4.74 Å². The van der Waals surface area contributed by atoms with Gasteiger partial charge in [0.1, 0.15) is 0 Å². The maximum atomic E-state index is 6.05. The van der Waals surface area contributed by atoms with E-state index in [1.54, 1.807) is 7.11 Å². The molecule has 82 valence electrons. The van der Waals surface area contributed by atoms with Crippen molar-refractivity contribution in [2.45, 2.75) is 31.7 Å². The first-order chi connectivity index (χ1) is 7.29. The van der Waals surface area contributed by atoms with Gasteiger partial charge in [0, 0.05) is 12.1 Å². The minimum atomic E-state index is 0.0220. The number of methoxy groups -OCH3 is 1. The summed E-state index contributed by atoms with van der Waals surface area (Å²) >= 11 is 0. The van der Waals surface area contributed by atoms with Crippen molar-refractivity contribution >= 4 is 0 Å². The second kappa shape index (κ2) is 4.57. The molecule has 1 unspecified atom stereocenters. The van der Waals surface area contributed by atoms with Crippen LogP contribution in [-0.4, -0.2) is 17.3 Å². The molecule has 1 aromatic rings. The molecular weight excluding hydrogens is 190 g/mol. The molecule has 0 radical (unpaired) electrons. The highest BCUT2D eigenvalue weighted by Crippen LogP contribution is 2.33. The zero-order valence-corrected chi connectivity index (χ0v) is 9.02. The van der Waals surface area contributed by atoms with Crippen molar-refractivity contribution in [3.63, 3.8) is 0 Å². The second-order valence-corrected chi connectivity index (χ2v) is 4.14. The van der Waals surface area contributed by atoms with E-state index in [1.807, 2.05) is 12.1 Å². The van der Waals surface area contributed by atoms with Crippen LogP contribution in [-0.2, 0) is 0 Å². The smallest absolute Gasteiger partial charge is 0.233 e. The summed E-state index contributed by atoms with van der Waals surface area (Å²) in [5, 5.41) is 7.98. The normalized spacial score (nSPS) is 18.3. The van der Waals surface area contributed by atoms with Gasteiger partial charge in [0.25, 0.3) is 0 Å². The number of aromatic nitrogens is 2. The number of hydrogen-bond donors (Lipinski definition) is 1. The molecule has 1 heterocycles. The van der Waals surface area contributed by atoms with Crippen molar-refractivity contribution in [2.75, 3.05) is 7.11 Å². The molecule has 4 heteroatoms. The van der Waals surface area contributed by atoms with Crippen LogP contribution >= 0.6 is 0 Å². The predicted octanol–water partition coefficient (Wildman–Crippen LogP) is 1.68. The van der Waals surface area contributed by atoms with Gasteiger partial charge in [-0.05, 0) is 18.4 Å². The highest BCUT2D eigenvalue weighted by Gasteiger charge is 2.21. The van der Waals surface area contributed by atoms with E-state index in [1.165, 1.54) is 19.3 Å². The molecule has 15 heavy (non-hydrogen) atoms. The number of rotatable bonds is 4. The van der Waals surface area contributed by atoms with Gasteiger partial charge in [-0.15, -0.1) is 5.10 Å². The van der Waals surface area contributed by atoms with Gasteiger partial charge in [-0.2, -0.15) is 5.10 Å². The zero-order valence-electron chi connectivity index (χ0n) is 9.02. The SMILES string of the molecule is COc1ccc(C(N)CC2CCC2)nn1. The van der Waals surface area contributed by atoms with E-state index >= 15 is 0 Å². The fourth-order valence-electron chi connectivity index (χ4n) is 1.85. The van der Waals surface area contributed by atoms with Crippen LogP contribution in [0.15, 0.2) is 12.1 Å². The maximum absolute atomic E-state index is 6.05. The fourth-order valence-corrected chi connectivity index (χ4v) is 1.85. The lowest BCUT2D eigenvalue weighted by molar-refractivity contribution is 0.275. The van der Waals surface area contributed by atoms with Crippen LogP contribution in [0.3, 0.4) is 0 Å². The van der Waals surface area contributed by atoms with Gasteiger partial charge in [0.15, 0.2) is 0 Å². The molecule has 1 fully saturated rings. The molecule has 0 aromatic carbocycles. The predicted molar refractivity (Wildman–Crippen MR) is 57.5 cm³/mol. The molecule has 1 aliphatic carbocycles. The van der Waals surface area contributed by atoms with Crippen LogP contribution in [0.25, 0.3) is 0 Å². The summed E-state index contributed by atoms with van der Waals surface area (Å²) in [6, 6.07) is 3.73. The maximum Gasteiger partial charge on any atom is 0.233 e. The minimum absolute atomic E-state index is 0.0220. The van der Waals surface area contributed by atoms with Crippen LogP contribution in [0.4, 0.5) is 0 Å². The van der Waals surface area contributed by atoms with Gasteiger partial charge in [-0.25, -0.2) is 0 Å². The van der Waals surface area contributed by atoms with Crippen molar-refractivity contribution in [3.8, 4) is 5.88 Å². The molecule has 0 saturated heterocycles. The number of nitrogens with zero attached hydrogens (tertiary/aromatic N) is 2. The molecule has 1 aromatic heterocycles. The topological polar surface area (TPSA) is 61.0 Å². The summed E-state index contributed by atoms with van der Waals surface area (Å²) in [7, 11) is 1.58. The van der Waals surface area contributed by atoms with Gasteiger partial charge < -0.3 is 10.5 Å². The van der Waals surface area contributed by atoms with Crippen molar-refractivity contribution in [1.29, 1.82) is 0 Å². The Kier molecular flexibility index (Phi) is 3.16. The average Bonchev–Trinajstić information content (AvgIpc) is 2.23. The zero-order chi connectivity index (χ0) is 10.7. The Hall–Kier alpha value is -1.16. The van der Waals surface area contributed by atoms with Crippen molar-refractivity contribution in [3.05, 3.63) is 17.8 Å². The lowest BCUT2D eigenvalue weighted by Gasteiger charge is -2.27. The third kappa shape index (κ3) is 2.45. The molecule has 1 saturated carbocycles. The van der Waals surface area contributed by atoms with Crippen LogP contribution < -0.4 is 10.5 Å². The molecule has 2 N–H and O–H groups in total. The van der Waals surface area contributed by atoms with Crippen LogP contribution in [0.5, 0.6) is 5.88 Å². The van der Waals surface area contributed by atoms with E-state index in [9.17, 15) is 0 Å². The molecule has 2 rings (SSSR count). The number of ether oxygens (including phenoxy) is 1. The largest absolute Gasteiger partial charge is 0.480 e. The van der Waals surface area contributed by atoms with Crippen molar-refractivity contribution in [1.82, 2.24) is 10.2 Å². The lowest BCUT2D eigenvalue weighted by Crippen LogP contribution is -2.21. The van der Waals surface area contributed by atoms with Crippen molar-refractivity contribution in [2.24, 2.45) is 11.7 Å². The first kappa shape index (κ1) is 10.4. The molecule has 0 aliphatic heterocycles. The molecule has 1 aliphatic rings. The molecule has 1 atom stereocenters. The second-order valence-electron chi connectivity index (χ2n) is 4.14. The Morgan fingerprint density at radius 2 is 2.27 bits per heavy atom. The standard InChI is InChI=1S/C11H17N3O/c1-15-11-6-5-10(13-14-11)9(12)7-8-3-2-4-8/h5-6,8-9H,2-4,7,12H2,1H3. The summed E-state index contributed by atoms with van der Waals surface area (Å²) in [6.45, 7) is 0. The molecule has 0 bridgehead atoms. The Morgan fingerprint density at radius 3 is 2.73 bits per heavy atom. The lowest BCUT2D eigenvalue weighted by atomic mass is 9.80. The van der Waals surface area contributed by atoms with Gasteiger partial charge in [0.05, 0.1) is 12.8 Å². The quantitative estimate of drug-likeness (QED) is 0.816. The molecular formula is C11H17N3O. The highest BCUT2D eigenvalue weighted by molar-refractivity contribution is 5.13. The summed E-state index contributed by atoms with van der Waals surface area (Å²) in [6.07, 6.45) is 5.02. The van der Waals surface area contributed by atoms with Crippen LogP contribution in [0, 0.1) is 5.92 Å². The van der Waals surface area contributed by atoms with E-state index in [0.717, 1.165) is 18.0 Å². The van der Waals surface area contributed by atoms with Gasteiger partial charge in [0.2, 0.25) is 5.88 Å². The minimum Gasteiger partial charge on any atom is -0.480 e. The van der Waals surface area contributed by atoms with Crippen LogP contribution in [0.2, 0.25) is 0 Å². The number of hydrogen-bond acceptors (Lipinski definition) is 4. The Bertz CT molecular complexity index is 308. The monoisotopic (exact) mass is 207 g/mol. The first-order valence-electron chi connectivity index (χ1n) is 5.43. The van der Waals surface area contributed by atoms with E-state index in [4.69, 9.17) is 10.5 Å². The summed E-state index contributed by atoms with van der Waals surface area (Å²) in [4.78, 5) is 0. The Labute approximate surface area is 89.8 Å². The molecule has 4 nitrogen and oxygen atoms in total. The third-order valence-electron chi connectivity index (χ3n) is 3.06. The molecule has 0 spiro atoms. The fraction of sp³-hybridized carbons (Fsp3) is 0.636. The average molecular weight is 207 g/mol. The van der Waals surface area contributed by atoms with Gasteiger partial charge in [-0.1, -0.05) is 19.3 Å². The van der Waals surface area contributed by atoms with Crippen LogP contribution in [0.1, 0.15) is 37.4 Å². The van der Waals surface area contributed by atoms with Gasteiger partial charge in [-0.3, -0.25) is 0 Å². The molecule has 0 amide bonds. The number of nitrogens with two attached hydrogens (primary N) is 1. The summed E-state index contributed by atoms with van der Waals surface area (Å²) in [5.41, 5.74) is 6.92. The summed E-state index contributed by atoms with van der Waals surface area (Å²) < 4.78 is 4.95. The van der Waals surface area contributed by atoms with E-state index in [0.29, 0.717) is 5.88 Å². The summed E-state index contributed by atoms with van der Waals surface area (Å²) in [5.74, 6) is 1.33. The van der Waals surface area contributed by atoms with E-state index in [-0.39, 0.29) is 6.04 Å². The Morgan fingerprint density at radius 1 is 1.47 bits per heavy atom. The van der Waals surface area contributed by atoms with Gasteiger partial charge >= 0.3 is 0 Å². The first-order valence-corrected chi connectivity index (χ1v) is 5.43. The highest BCUT2D eigenvalue weighted by atomic mass is 16.5. The third-order valence-corrected chi connectivity index (χ3v) is 3.06. The Balaban J connectivity index is 1.94. The van der Waals surface area contributed by atoms with E-state index in [2.05, 4.69) is 10.2 Å². The van der Waals surface area contributed by atoms with E-state index < -0.39 is 0 Å².